The number of nitrogens with one attached hydrogen (secondary N) is 1. The van der Waals surface area contributed by atoms with Gasteiger partial charge >= 0.3 is 0 Å². The Morgan fingerprint density at radius 3 is 2.35 bits per heavy atom. The van der Waals surface area contributed by atoms with Crippen molar-refractivity contribution in [2.45, 2.75) is 73.0 Å². The van der Waals surface area contributed by atoms with Gasteiger partial charge in [-0.1, -0.05) is 48.9 Å². The monoisotopic (exact) mass is 424 g/mol. The SMILES string of the molecule is CCC(C(=O)NC(C)(C)C)N(Cc1cccc(C)c1)C(=O)COc1cccc(C)c1C. The zero-order valence-electron chi connectivity index (χ0n) is 19.9. The lowest BCUT2D eigenvalue weighted by Gasteiger charge is -2.33. The number of benzene rings is 2. The highest BCUT2D eigenvalue weighted by Gasteiger charge is 2.31. The maximum absolute atomic E-state index is 13.3. The summed E-state index contributed by atoms with van der Waals surface area (Å²) in [6, 6.07) is 13.2. The van der Waals surface area contributed by atoms with Crippen LogP contribution in [0.25, 0.3) is 0 Å². The molecule has 2 amide bonds. The van der Waals surface area contributed by atoms with E-state index in [1.54, 1.807) is 4.90 Å². The predicted octanol–water partition coefficient (Wildman–Crippen LogP) is 4.71. The summed E-state index contributed by atoms with van der Waals surface area (Å²) in [6.45, 7) is 14.0. The summed E-state index contributed by atoms with van der Waals surface area (Å²) in [4.78, 5) is 28.0. The van der Waals surface area contributed by atoms with E-state index < -0.39 is 6.04 Å². The number of carbonyl (C=O) groups excluding carboxylic acids is 2. The third kappa shape index (κ3) is 7.12. The molecule has 0 aliphatic carbocycles. The molecular weight excluding hydrogens is 388 g/mol. The number of hydrogen-bond acceptors (Lipinski definition) is 3. The molecule has 2 rings (SSSR count). The molecule has 31 heavy (non-hydrogen) atoms. The van der Waals surface area contributed by atoms with Crippen LogP contribution in [-0.2, 0) is 16.1 Å². The van der Waals surface area contributed by atoms with Gasteiger partial charge in [0.05, 0.1) is 0 Å². The molecule has 0 radical (unpaired) electrons. The fraction of sp³-hybridized carbons (Fsp3) is 0.462. The van der Waals surface area contributed by atoms with Crippen molar-refractivity contribution in [1.29, 1.82) is 0 Å². The number of rotatable bonds is 8. The Morgan fingerprint density at radius 1 is 1.06 bits per heavy atom. The van der Waals surface area contributed by atoms with Crippen LogP contribution in [-0.4, -0.2) is 34.9 Å². The Bertz CT molecular complexity index is 915. The van der Waals surface area contributed by atoms with E-state index in [0.717, 1.165) is 22.3 Å². The number of aryl methyl sites for hydroxylation is 2. The summed E-state index contributed by atoms with van der Waals surface area (Å²) in [5.41, 5.74) is 3.85. The van der Waals surface area contributed by atoms with Crippen molar-refractivity contribution < 1.29 is 14.3 Å². The number of nitrogens with zero attached hydrogens (tertiary/aromatic N) is 1. The lowest BCUT2D eigenvalue weighted by atomic mass is 10.1. The average Bonchev–Trinajstić information content (AvgIpc) is 2.67. The summed E-state index contributed by atoms with van der Waals surface area (Å²) in [5.74, 6) is 0.331. The van der Waals surface area contributed by atoms with Gasteiger partial charge in [0, 0.05) is 12.1 Å². The van der Waals surface area contributed by atoms with Gasteiger partial charge in [0.25, 0.3) is 5.91 Å². The Morgan fingerprint density at radius 2 is 1.74 bits per heavy atom. The molecule has 0 aromatic heterocycles. The molecular formula is C26H36N2O3. The molecule has 1 N–H and O–H groups in total. The molecule has 2 aromatic rings. The maximum atomic E-state index is 13.3. The minimum atomic E-state index is -0.575. The zero-order valence-corrected chi connectivity index (χ0v) is 19.9. The number of ether oxygens (including phenoxy) is 1. The van der Waals surface area contributed by atoms with Gasteiger partial charge in [-0.05, 0) is 70.7 Å². The highest BCUT2D eigenvalue weighted by atomic mass is 16.5. The third-order valence-corrected chi connectivity index (χ3v) is 5.23. The first kappa shape index (κ1) is 24.4. The number of amides is 2. The fourth-order valence-corrected chi connectivity index (χ4v) is 3.48. The smallest absolute Gasteiger partial charge is 0.261 e. The third-order valence-electron chi connectivity index (χ3n) is 5.23. The number of carbonyl (C=O) groups is 2. The van der Waals surface area contributed by atoms with Crippen molar-refractivity contribution in [3.05, 3.63) is 64.7 Å². The molecule has 0 spiro atoms. The van der Waals surface area contributed by atoms with Crippen LogP contribution in [0.5, 0.6) is 5.75 Å². The maximum Gasteiger partial charge on any atom is 0.261 e. The zero-order chi connectivity index (χ0) is 23.2. The molecule has 0 fully saturated rings. The molecule has 0 heterocycles. The Kier molecular flexibility index (Phi) is 8.26. The summed E-state index contributed by atoms with van der Waals surface area (Å²) < 4.78 is 5.87. The first-order valence-corrected chi connectivity index (χ1v) is 10.9. The predicted molar refractivity (Wildman–Crippen MR) is 125 cm³/mol. The first-order chi connectivity index (χ1) is 14.5. The molecule has 0 aliphatic rings. The van der Waals surface area contributed by atoms with Gasteiger partial charge in [-0.25, -0.2) is 0 Å². The van der Waals surface area contributed by atoms with Gasteiger partial charge in [0.1, 0.15) is 11.8 Å². The van der Waals surface area contributed by atoms with E-state index in [9.17, 15) is 9.59 Å². The van der Waals surface area contributed by atoms with Crippen LogP contribution in [0.15, 0.2) is 42.5 Å². The van der Waals surface area contributed by atoms with Crippen LogP contribution in [0.4, 0.5) is 0 Å². The Labute approximate surface area is 186 Å². The van der Waals surface area contributed by atoms with Crippen molar-refractivity contribution in [3.8, 4) is 5.75 Å². The second kappa shape index (κ2) is 10.5. The van der Waals surface area contributed by atoms with E-state index in [-0.39, 0.29) is 24.0 Å². The lowest BCUT2D eigenvalue weighted by Crippen LogP contribution is -2.54. The molecule has 0 saturated heterocycles. The van der Waals surface area contributed by atoms with Gasteiger partial charge in [-0.15, -0.1) is 0 Å². The van der Waals surface area contributed by atoms with E-state index >= 15 is 0 Å². The van der Waals surface area contributed by atoms with Gasteiger partial charge in [-0.3, -0.25) is 9.59 Å². The van der Waals surface area contributed by atoms with Crippen molar-refractivity contribution >= 4 is 11.8 Å². The average molecular weight is 425 g/mol. The van der Waals surface area contributed by atoms with Crippen molar-refractivity contribution in [2.24, 2.45) is 0 Å². The lowest BCUT2D eigenvalue weighted by molar-refractivity contribution is -0.143. The van der Waals surface area contributed by atoms with Crippen LogP contribution in [0.3, 0.4) is 0 Å². The van der Waals surface area contributed by atoms with E-state index in [4.69, 9.17) is 4.74 Å². The van der Waals surface area contributed by atoms with E-state index in [1.165, 1.54) is 0 Å². The van der Waals surface area contributed by atoms with E-state index in [1.807, 2.05) is 90.9 Å². The van der Waals surface area contributed by atoms with Gasteiger partial charge in [0.2, 0.25) is 5.91 Å². The summed E-state index contributed by atoms with van der Waals surface area (Å²) in [6.07, 6.45) is 0.517. The quantitative estimate of drug-likeness (QED) is 0.667. The summed E-state index contributed by atoms with van der Waals surface area (Å²) in [7, 11) is 0. The largest absolute Gasteiger partial charge is 0.483 e. The van der Waals surface area contributed by atoms with Gasteiger partial charge in [0.15, 0.2) is 6.61 Å². The molecule has 1 unspecified atom stereocenters. The highest BCUT2D eigenvalue weighted by Crippen LogP contribution is 2.21. The molecule has 0 bridgehead atoms. The van der Waals surface area contributed by atoms with Crippen LogP contribution < -0.4 is 10.1 Å². The normalized spacial score (nSPS) is 12.2. The second-order valence-corrected chi connectivity index (χ2v) is 9.16. The topological polar surface area (TPSA) is 58.6 Å². The van der Waals surface area contributed by atoms with E-state index in [0.29, 0.717) is 18.7 Å². The molecule has 5 heteroatoms. The molecule has 168 valence electrons. The van der Waals surface area contributed by atoms with Crippen molar-refractivity contribution in [2.75, 3.05) is 6.61 Å². The number of hydrogen-bond donors (Lipinski definition) is 1. The molecule has 0 aliphatic heterocycles. The molecule has 1 atom stereocenters. The Balaban J connectivity index is 2.27. The van der Waals surface area contributed by atoms with Crippen LogP contribution in [0.1, 0.15) is 56.4 Å². The summed E-state index contributed by atoms with van der Waals surface area (Å²) in [5, 5.41) is 3.02. The molecule has 0 saturated carbocycles. The van der Waals surface area contributed by atoms with E-state index in [2.05, 4.69) is 5.32 Å². The summed E-state index contributed by atoms with van der Waals surface area (Å²) >= 11 is 0. The van der Waals surface area contributed by atoms with Gasteiger partial charge < -0.3 is 15.0 Å². The Hall–Kier alpha value is -2.82. The minimum Gasteiger partial charge on any atom is -0.483 e. The molecule has 2 aromatic carbocycles. The molecule has 5 nitrogen and oxygen atoms in total. The van der Waals surface area contributed by atoms with Gasteiger partial charge in [-0.2, -0.15) is 0 Å². The highest BCUT2D eigenvalue weighted by molar-refractivity contribution is 5.88. The van der Waals surface area contributed by atoms with Crippen LogP contribution in [0, 0.1) is 20.8 Å². The first-order valence-electron chi connectivity index (χ1n) is 10.9. The van der Waals surface area contributed by atoms with Crippen LogP contribution in [0.2, 0.25) is 0 Å². The van der Waals surface area contributed by atoms with Crippen LogP contribution >= 0.6 is 0 Å². The minimum absolute atomic E-state index is 0.116. The fourth-order valence-electron chi connectivity index (χ4n) is 3.48. The standard InChI is InChI=1S/C26H36N2O3/c1-8-22(25(30)27-26(5,6)7)28(16-21-13-9-11-18(2)15-21)24(29)17-31-23-14-10-12-19(3)20(23)4/h9-15,22H,8,16-17H2,1-7H3,(H,27,30). The van der Waals surface area contributed by atoms with Crippen molar-refractivity contribution in [1.82, 2.24) is 10.2 Å². The van der Waals surface area contributed by atoms with Crippen molar-refractivity contribution in [3.63, 3.8) is 0 Å². The second-order valence-electron chi connectivity index (χ2n) is 9.16.